The second kappa shape index (κ2) is 5.10. The predicted molar refractivity (Wildman–Crippen MR) is 73.5 cm³/mol. The number of carbonyl (C=O) groups is 1. The summed E-state index contributed by atoms with van der Waals surface area (Å²) in [6.45, 7) is 16.8. The quantitative estimate of drug-likeness (QED) is 0.574. The number of methoxy groups -OCH3 is 1. The molecule has 0 spiro atoms. The van der Waals surface area contributed by atoms with E-state index in [4.69, 9.17) is 9.16 Å². The van der Waals surface area contributed by atoms with Crippen molar-refractivity contribution in [2.75, 3.05) is 7.11 Å². The van der Waals surface area contributed by atoms with Gasteiger partial charge in [-0.05, 0) is 23.5 Å². The summed E-state index contributed by atoms with van der Waals surface area (Å²) in [6.07, 6.45) is -0.492. The minimum Gasteiger partial charge on any atom is -0.467 e. The van der Waals surface area contributed by atoms with Gasteiger partial charge in [0.25, 0.3) is 0 Å². The standard InChI is InChI=1S/C13H28O3Si/c1-12(2,3)10(11(14)15-7)16-17(8,9)13(4,5)6/h10H,1-9H3. The van der Waals surface area contributed by atoms with Crippen molar-refractivity contribution in [3.63, 3.8) is 0 Å². The largest absolute Gasteiger partial charge is 0.467 e. The molecule has 0 fully saturated rings. The van der Waals surface area contributed by atoms with Crippen molar-refractivity contribution in [1.82, 2.24) is 0 Å². The monoisotopic (exact) mass is 260 g/mol. The van der Waals surface area contributed by atoms with Gasteiger partial charge in [0.1, 0.15) is 6.10 Å². The summed E-state index contributed by atoms with van der Waals surface area (Å²) in [4.78, 5) is 11.8. The normalized spacial score (nSPS) is 15.6. The van der Waals surface area contributed by atoms with E-state index >= 15 is 0 Å². The first-order valence-corrected chi connectivity index (χ1v) is 8.99. The lowest BCUT2D eigenvalue weighted by Crippen LogP contribution is -2.50. The molecule has 102 valence electrons. The van der Waals surface area contributed by atoms with Gasteiger partial charge in [-0.15, -0.1) is 0 Å². The van der Waals surface area contributed by atoms with E-state index in [1.807, 2.05) is 20.8 Å². The summed E-state index contributed by atoms with van der Waals surface area (Å²) >= 11 is 0. The van der Waals surface area contributed by atoms with Crippen LogP contribution >= 0.6 is 0 Å². The molecule has 0 saturated carbocycles. The molecule has 0 rings (SSSR count). The number of carbonyl (C=O) groups excluding carboxylic acids is 1. The van der Waals surface area contributed by atoms with E-state index in [0.717, 1.165) is 0 Å². The molecule has 0 saturated heterocycles. The Hall–Kier alpha value is -0.353. The molecule has 1 unspecified atom stereocenters. The van der Waals surface area contributed by atoms with Crippen LogP contribution in [0.4, 0.5) is 0 Å². The third-order valence-electron chi connectivity index (χ3n) is 3.42. The lowest BCUT2D eigenvalue weighted by molar-refractivity contribution is -0.154. The second-order valence-electron chi connectivity index (χ2n) is 7.15. The fraction of sp³-hybridized carbons (Fsp3) is 0.923. The Morgan fingerprint density at radius 2 is 1.47 bits per heavy atom. The van der Waals surface area contributed by atoms with E-state index in [9.17, 15) is 4.79 Å². The molecule has 17 heavy (non-hydrogen) atoms. The molecule has 0 aromatic carbocycles. The lowest BCUT2D eigenvalue weighted by atomic mass is 9.89. The first kappa shape index (κ1) is 16.6. The van der Waals surface area contributed by atoms with Gasteiger partial charge in [0.2, 0.25) is 0 Å². The SMILES string of the molecule is COC(=O)C(O[Si](C)(C)C(C)(C)C)C(C)(C)C. The zero-order chi connectivity index (χ0) is 14.1. The minimum absolute atomic E-state index is 0.0878. The van der Waals surface area contributed by atoms with Crippen LogP contribution in [0.1, 0.15) is 41.5 Å². The summed E-state index contributed by atoms with van der Waals surface area (Å²) in [5.74, 6) is -0.276. The Morgan fingerprint density at radius 1 is 1.06 bits per heavy atom. The number of hydrogen-bond acceptors (Lipinski definition) is 3. The zero-order valence-corrected chi connectivity index (χ0v) is 13.8. The molecule has 0 N–H and O–H groups in total. The van der Waals surface area contributed by atoms with Crippen molar-refractivity contribution >= 4 is 14.3 Å². The maximum atomic E-state index is 11.8. The molecule has 3 nitrogen and oxygen atoms in total. The molecule has 0 aliphatic heterocycles. The van der Waals surface area contributed by atoms with Gasteiger partial charge in [-0.25, -0.2) is 4.79 Å². The number of esters is 1. The molecule has 0 aliphatic rings. The minimum atomic E-state index is -1.96. The van der Waals surface area contributed by atoms with Crippen LogP contribution in [-0.4, -0.2) is 27.5 Å². The molecule has 1 atom stereocenters. The van der Waals surface area contributed by atoms with Crippen molar-refractivity contribution in [2.24, 2.45) is 5.41 Å². The number of ether oxygens (including phenoxy) is 1. The van der Waals surface area contributed by atoms with E-state index in [-0.39, 0.29) is 16.4 Å². The first-order valence-electron chi connectivity index (χ1n) is 6.08. The van der Waals surface area contributed by atoms with Crippen LogP contribution in [0.25, 0.3) is 0 Å². The van der Waals surface area contributed by atoms with Gasteiger partial charge >= 0.3 is 5.97 Å². The molecule has 0 aromatic rings. The van der Waals surface area contributed by atoms with E-state index < -0.39 is 14.4 Å². The third kappa shape index (κ3) is 4.43. The molecule has 0 aliphatic carbocycles. The summed E-state index contributed by atoms with van der Waals surface area (Å²) in [6, 6.07) is 0. The smallest absolute Gasteiger partial charge is 0.334 e. The van der Waals surface area contributed by atoms with Crippen LogP contribution in [0.5, 0.6) is 0 Å². The fourth-order valence-electron chi connectivity index (χ4n) is 1.16. The first-order chi connectivity index (χ1) is 7.33. The van der Waals surface area contributed by atoms with Crippen LogP contribution in [0.3, 0.4) is 0 Å². The molecule has 0 aromatic heterocycles. The van der Waals surface area contributed by atoms with Gasteiger partial charge in [-0.3, -0.25) is 0 Å². The van der Waals surface area contributed by atoms with Crippen LogP contribution in [0.15, 0.2) is 0 Å². The van der Waals surface area contributed by atoms with Gasteiger partial charge in [0.15, 0.2) is 8.32 Å². The Morgan fingerprint density at radius 3 is 1.71 bits per heavy atom. The van der Waals surface area contributed by atoms with Crippen molar-refractivity contribution in [2.45, 2.75) is 65.8 Å². The highest BCUT2D eigenvalue weighted by atomic mass is 28.4. The van der Waals surface area contributed by atoms with Gasteiger partial charge in [-0.1, -0.05) is 41.5 Å². The summed E-state index contributed by atoms with van der Waals surface area (Å²) < 4.78 is 11.0. The van der Waals surface area contributed by atoms with E-state index in [1.54, 1.807) is 0 Å². The molecular formula is C13H28O3Si. The predicted octanol–water partition coefficient (Wildman–Crippen LogP) is 3.60. The highest BCUT2D eigenvalue weighted by Crippen LogP contribution is 2.39. The molecule has 0 heterocycles. The number of rotatable bonds is 3. The highest BCUT2D eigenvalue weighted by Gasteiger charge is 2.44. The van der Waals surface area contributed by atoms with Crippen molar-refractivity contribution in [3.05, 3.63) is 0 Å². The van der Waals surface area contributed by atoms with E-state index in [2.05, 4.69) is 33.9 Å². The van der Waals surface area contributed by atoms with Crippen LogP contribution in [-0.2, 0) is 14.0 Å². The third-order valence-corrected chi connectivity index (χ3v) is 7.86. The molecule has 0 amide bonds. The average molecular weight is 260 g/mol. The maximum Gasteiger partial charge on any atom is 0.334 e. The van der Waals surface area contributed by atoms with Crippen molar-refractivity contribution in [1.29, 1.82) is 0 Å². The van der Waals surface area contributed by atoms with Crippen molar-refractivity contribution in [3.8, 4) is 0 Å². The van der Waals surface area contributed by atoms with Gasteiger partial charge < -0.3 is 9.16 Å². The van der Waals surface area contributed by atoms with Crippen LogP contribution < -0.4 is 0 Å². The van der Waals surface area contributed by atoms with Gasteiger partial charge in [-0.2, -0.15) is 0 Å². The zero-order valence-electron chi connectivity index (χ0n) is 12.8. The maximum absolute atomic E-state index is 11.8. The topological polar surface area (TPSA) is 35.5 Å². The highest BCUT2D eigenvalue weighted by molar-refractivity contribution is 6.74. The van der Waals surface area contributed by atoms with E-state index in [1.165, 1.54) is 7.11 Å². The number of hydrogen-bond donors (Lipinski definition) is 0. The van der Waals surface area contributed by atoms with Crippen molar-refractivity contribution < 1.29 is 14.0 Å². The Balaban J connectivity index is 5.09. The summed E-state index contributed by atoms with van der Waals surface area (Å²) in [5, 5.41) is 0.0878. The fourth-order valence-corrected chi connectivity index (χ4v) is 2.55. The Bertz CT molecular complexity index is 271. The Labute approximate surface area is 107 Å². The van der Waals surface area contributed by atoms with Crippen LogP contribution in [0, 0.1) is 5.41 Å². The molecule has 4 heteroatoms. The van der Waals surface area contributed by atoms with Crippen LogP contribution in [0.2, 0.25) is 18.1 Å². The second-order valence-corrected chi connectivity index (χ2v) is 11.9. The van der Waals surface area contributed by atoms with Gasteiger partial charge in [0, 0.05) is 0 Å². The van der Waals surface area contributed by atoms with Gasteiger partial charge in [0.05, 0.1) is 7.11 Å². The molecule has 0 bridgehead atoms. The molecule has 0 radical (unpaired) electrons. The Kier molecular flexibility index (Phi) is 5.00. The summed E-state index contributed by atoms with van der Waals surface area (Å²) in [5.41, 5.74) is -0.247. The van der Waals surface area contributed by atoms with E-state index in [0.29, 0.717) is 0 Å². The lowest BCUT2D eigenvalue weighted by Gasteiger charge is -2.41. The average Bonchev–Trinajstić information content (AvgIpc) is 2.09. The molecular weight excluding hydrogens is 232 g/mol. The summed E-state index contributed by atoms with van der Waals surface area (Å²) in [7, 11) is -0.545.